The van der Waals surface area contributed by atoms with E-state index in [2.05, 4.69) is 18.3 Å². The number of unbranched alkanes of at least 4 members (excludes halogenated alkanes) is 1. The predicted molar refractivity (Wildman–Crippen MR) is 145 cm³/mol. The lowest BCUT2D eigenvalue weighted by atomic mass is 10.0. The van der Waals surface area contributed by atoms with Gasteiger partial charge in [0.2, 0.25) is 5.91 Å². The van der Waals surface area contributed by atoms with E-state index in [-0.39, 0.29) is 18.4 Å². The summed E-state index contributed by atoms with van der Waals surface area (Å²) in [7, 11) is 0. The van der Waals surface area contributed by atoms with E-state index >= 15 is 0 Å². The molecule has 190 valence electrons. The van der Waals surface area contributed by atoms with Crippen molar-refractivity contribution < 1.29 is 14.3 Å². The molecule has 0 heterocycles. The third kappa shape index (κ3) is 7.98. The van der Waals surface area contributed by atoms with Crippen molar-refractivity contribution in [3.05, 3.63) is 101 Å². The maximum atomic E-state index is 13.7. The highest BCUT2D eigenvalue weighted by Gasteiger charge is 2.30. The second-order valence-electron chi connectivity index (χ2n) is 9.41. The topological polar surface area (TPSA) is 58.6 Å². The minimum Gasteiger partial charge on any atom is -0.484 e. The number of amides is 2. The second-order valence-corrected chi connectivity index (χ2v) is 9.41. The van der Waals surface area contributed by atoms with Crippen LogP contribution in [0.1, 0.15) is 47.6 Å². The maximum Gasteiger partial charge on any atom is 0.261 e. The molecular formula is C31H38N2O3. The highest BCUT2D eigenvalue weighted by Crippen LogP contribution is 2.19. The minimum absolute atomic E-state index is 0.137. The van der Waals surface area contributed by atoms with Crippen LogP contribution in [0, 0.1) is 20.8 Å². The molecule has 0 bridgehead atoms. The Hall–Kier alpha value is -3.60. The Morgan fingerprint density at radius 3 is 2.25 bits per heavy atom. The second kappa shape index (κ2) is 13.5. The van der Waals surface area contributed by atoms with Gasteiger partial charge in [-0.1, -0.05) is 74.0 Å². The number of carbonyl (C=O) groups excluding carboxylic acids is 2. The highest BCUT2D eigenvalue weighted by molar-refractivity contribution is 5.88. The maximum absolute atomic E-state index is 13.7. The van der Waals surface area contributed by atoms with Crippen molar-refractivity contribution >= 4 is 11.8 Å². The van der Waals surface area contributed by atoms with Crippen LogP contribution in [0.5, 0.6) is 5.75 Å². The van der Waals surface area contributed by atoms with Crippen LogP contribution in [0.2, 0.25) is 0 Å². The normalized spacial score (nSPS) is 11.6. The number of ether oxygens (including phenoxy) is 1. The molecule has 0 radical (unpaired) electrons. The molecule has 3 aromatic carbocycles. The molecule has 5 nitrogen and oxygen atoms in total. The number of hydrogen-bond acceptors (Lipinski definition) is 3. The lowest BCUT2D eigenvalue weighted by molar-refractivity contribution is -0.142. The Balaban J connectivity index is 1.90. The molecule has 0 unspecified atom stereocenters. The largest absolute Gasteiger partial charge is 0.484 e. The lowest BCUT2D eigenvalue weighted by Gasteiger charge is -2.32. The van der Waals surface area contributed by atoms with Crippen LogP contribution < -0.4 is 10.1 Å². The Kier molecular flexibility index (Phi) is 10.1. The van der Waals surface area contributed by atoms with Crippen LogP contribution in [0.25, 0.3) is 0 Å². The molecular weight excluding hydrogens is 448 g/mol. The molecule has 0 aliphatic heterocycles. The first-order chi connectivity index (χ1) is 17.4. The highest BCUT2D eigenvalue weighted by atomic mass is 16.5. The molecule has 0 spiro atoms. The number of nitrogens with one attached hydrogen (secondary N) is 1. The summed E-state index contributed by atoms with van der Waals surface area (Å²) in [6.07, 6.45) is 2.31. The quantitative estimate of drug-likeness (QED) is 0.342. The first-order valence-corrected chi connectivity index (χ1v) is 12.7. The van der Waals surface area contributed by atoms with Crippen LogP contribution in [-0.2, 0) is 22.6 Å². The van der Waals surface area contributed by atoms with Gasteiger partial charge in [-0.3, -0.25) is 9.59 Å². The van der Waals surface area contributed by atoms with Gasteiger partial charge in [0.15, 0.2) is 6.61 Å². The standard InChI is InChI=1S/C31H38N2O3/c1-5-6-16-32-31(35)29(20-26-13-8-7-9-14-26)33(21-27-15-11-10-12-25(27)4)30(34)22-36-28-18-23(2)17-24(3)19-28/h7-15,17-19,29H,5-6,16,20-22H2,1-4H3,(H,32,35)/t29-/m1/s1. The van der Waals surface area contributed by atoms with Crippen LogP contribution in [0.3, 0.4) is 0 Å². The smallest absolute Gasteiger partial charge is 0.261 e. The average molecular weight is 487 g/mol. The van der Waals surface area contributed by atoms with Crippen LogP contribution in [-0.4, -0.2) is 35.9 Å². The van der Waals surface area contributed by atoms with E-state index in [4.69, 9.17) is 4.74 Å². The zero-order valence-electron chi connectivity index (χ0n) is 21.9. The number of rotatable bonds is 12. The van der Waals surface area contributed by atoms with E-state index in [9.17, 15) is 9.59 Å². The fourth-order valence-corrected chi connectivity index (χ4v) is 4.28. The summed E-state index contributed by atoms with van der Waals surface area (Å²) in [6.45, 7) is 8.91. The molecule has 36 heavy (non-hydrogen) atoms. The van der Waals surface area contributed by atoms with E-state index in [0.29, 0.717) is 25.3 Å². The first-order valence-electron chi connectivity index (χ1n) is 12.7. The number of nitrogens with zero attached hydrogens (tertiary/aromatic N) is 1. The summed E-state index contributed by atoms with van der Waals surface area (Å²) in [5, 5.41) is 3.05. The number of benzene rings is 3. The van der Waals surface area contributed by atoms with Crippen molar-refractivity contribution in [2.45, 2.75) is 59.5 Å². The van der Waals surface area contributed by atoms with E-state index < -0.39 is 6.04 Å². The molecule has 1 atom stereocenters. The van der Waals surface area contributed by atoms with Gasteiger partial charge in [0, 0.05) is 19.5 Å². The van der Waals surface area contributed by atoms with Gasteiger partial charge < -0.3 is 15.0 Å². The van der Waals surface area contributed by atoms with Crippen molar-refractivity contribution in [2.24, 2.45) is 0 Å². The third-order valence-corrected chi connectivity index (χ3v) is 6.26. The van der Waals surface area contributed by atoms with Gasteiger partial charge in [-0.25, -0.2) is 0 Å². The molecule has 1 N–H and O–H groups in total. The Morgan fingerprint density at radius 2 is 1.58 bits per heavy atom. The van der Waals surface area contributed by atoms with Gasteiger partial charge in [0.25, 0.3) is 5.91 Å². The monoisotopic (exact) mass is 486 g/mol. The van der Waals surface area contributed by atoms with E-state index in [1.807, 2.05) is 87.5 Å². The summed E-state index contributed by atoms with van der Waals surface area (Å²) in [6, 6.07) is 23.1. The van der Waals surface area contributed by atoms with Crippen molar-refractivity contribution in [2.75, 3.05) is 13.2 Å². The molecule has 5 heteroatoms. The van der Waals surface area contributed by atoms with E-state index in [1.165, 1.54) is 0 Å². The van der Waals surface area contributed by atoms with Crippen molar-refractivity contribution in [1.29, 1.82) is 0 Å². The summed E-state index contributed by atoms with van der Waals surface area (Å²) in [5.41, 5.74) is 5.25. The fourth-order valence-electron chi connectivity index (χ4n) is 4.28. The molecule has 0 saturated carbocycles. The molecule has 3 aromatic rings. The Morgan fingerprint density at radius 1 is 0.917 bits per heavy atom. The van der Waals surface area contributed by atoms with Gasteiger partial charge in [0.1, 0.15) is 11.8 Å². The molecule has 3 rings (SSSR count). The minimum atomic E-state index is -0.654. The van der Waals surface area contributed by atoms with Gasteiger partial charge in [0.05, 0.1) is 0 Å². The van der Waals surface area contributed by atoms with Gasteiger partial charge in [-0.15, -0.1) is 0 Å². The molecule has 2 amide bonds. The van der Waals surface area contributed by atoms with Gasteiger partial charge in [-0.05, 0) is 67.1 Å². The van der Waals surface area contributed by atoms with Gasteiger partial charge in [-0.2, -0.15) is 0 Å². The van der Waals surface area contributed by atoms with Crippen molar-refractivity contribution in [3.8, 4) is 5.75 Å². The zero-order valence-corrected chi connectivity index (χ0v) is 21.9. The zero-order chi connectivity index (χ0) is 25.9. The first kappa shape index (κ1) is 27.0. The molecule has 0 aromatic heterocycles. The number of carbonyl (C=O) groups is 2. The molecule has 0 aliphatic carbocycles. The third-order valence-electron chi connectivity index (χ3n) is 6.26. The lowest BCUT2D eigenvalue weighted by Crippen LogP contribution is -2.52. The van der Waals surface area contributed by atoms with Gasteiger partial charge >= 0.3 is 0 Å². The molecule has 0 fully saturated rings. The van der Waals surface area contributed by atoms with E-state index in [0.717, 1.165) is 40.7 Å². The van der Waals surface area contributed by atoms with Crippen LogP contribution in [0.15, 0.2) is 72.8 Å². The Labute approximate surface area is 215 Å². The van der Waals surface area contributed by atoms with Crippen molar-refractivity contribution in [3.63, 3.8) is 0 Å². The van der Waals surface area contributed by atoms with Crippen molar-refractivity contribution in [1.82, 2.24) is 10.2 Å². The fraction of sp³-hybridized carbons (Fsp3) is 0.355. The molecule has 0 saturated heterocycles. The summed E-state index contributed by atoms with van der Waals surface area (Å²) in [4.78, 5) is 28.8. The van der Waals surface area contributed by atoms with E-state index in [1.54, 1.807) is 4.90 Å². The summed E-state index contributed by atoms with van der Waals surface area (Å²) >= 11 is 0. The average Bonchev–Trinajstić information content (AvgIpc) is 2.86. The summed E-state index contributed by atoms with van der Waals surface area (Å²) in [5.74, 6) is 0.299. The molecule has 0 aliphatic rings. The van der Waals surface area contributed by atoms with Crippen LogP contribution >= 0.6 is 0 Å². The Bertz CT molecular complexity index is 1120. The predicted octanol–water partition coefficient (Wildman–Crippen LogP) is 5.55. The number of aryl methyl sites for hydroxylation is 3. The van der Waals surface area contributed by atoms with Crippen LogP contribution in [0.4, 0.5) is 0 Å². The SMILES string of the molecule is CCCCNC(=O)[C@@H](Cc1ccccc1)N(Cc1ccccc1C)C(=O)COc1cc(C)cc(C)c1. The number of hydrogen-bond donors (Lipinski definition) is 1. The summed E-state index contributed by atoms with van der Waals surface area (Å²) < 4.78 is 5.93.